The van der Waals surface area contributed by atoms with E-state index in [2.05, 4.69) is 15.1 Å². The van der Waals surface area contributed by atoms with Crippen molar-refractivity contribution in [3.05, 3.63) is 29.5 Å². The molecule has 0 amide bonds. The lowest BCUT2D eigenvalue weighted by Crippen LogP contribution is -1.93. The third-order valence-electron chi connectivity index (χ3n) is 1.51. The Hall–Kier alpha value is -2.11. The fourth-order valence-electron chi connectivity index (χ4n) is 0.983. The molecule has 0 atom stereocenters. The standard InChI is InChI=1S/C8H7N3O3/c1-11(12)10-14-8-9-6-4-2-3-5-7(6)13-8/h2-5H,1H3. The van der Waals surface area contributed by atoms with E-state index in [1.807, 2.05) is 12.1 Å². The average Bonchev–Trinajstić information content (AvgIpc) is 2.57. The van der Waals surface area contributed by atoms with Crippen LogP contribution < -0.4 is 4.84 Å². The van der Waals surface area contributed by atoms with E-state index in [0.29, 0.717) is 11.1 Å². The third-order valence-corrected chi connectivity index (χ3v) is 1.51. The van der Waals surface area contributed by atoms with Gasteiger partial charge in [0.2, 0.25) is 5.28 Å². The molecule has 0 unspecified atom stereocenters. The maximum absolute atomic E-state index is 10.4. The summed E-state index contributed by atoms with van der Waals surface area (Å²) in [6.07, 6.45) is -0.0473. The van der Waals surface area contributed by atoms with Gasteiger partial charge in [-0.05, 0) is 12.1 Å². The number of oxazole rings is 1. The van der Waals surface area contributed by atoms with Gasteiger partial charge in [0, 0.05) is 0 Å². The lowest BCUT2D eigenvalue weighted by atomic mass is 10.3. The number of hydroxylamine groups is 1. The molecule has 0 aliphatic carbocycles. The molecule has 0 spiro atoms. The van der Waals surface area contributed by atoms with Crippen molar-refractivity contribution >= 4 is 11.1 Å². The highest BCUT2D eigenvalue weighted by Crippen LogP contribution is 2.19. The van der Waals surface area contributed by atoms with E-state index in [4.69, 9.17) is 4.42 Å². The number of hydrogen-bond donors (Lipinski definition) is 0. The van der Waals surface area contributed by atoms with Gasteiger partial charge in [-0.15, -0.1) is 0 Å². The molecule has 0 saturated heterocycles. The molecule has 0 N–H and O–H groups in total. The van der Waals surface area contributed by atoms with Crippen LogP contribution in [0.25, 0.3) is 11.1 Å². The third kappa shape index (κ3) is 1.63. The van der Waals surface area contributed by atoms with Gasteiger partial charge in [0.25, 0.3) is 0 Å². The van der Waals surface area contributed by atoms with Crippen molar-refractivity contribution in [2.45, 2.75) is 0 Å². The summed E-state index contributed by atoms with van der Waals surface area (Å²) < 4.78 is 5.13. The van der Waals surface area contributed by atoms with E-state index in [-0.39, 0.29) is 10.9 Å². The van der Waals surface area contributed by atoms with E-state index < -0.39 is 0 Å². The van der Waals surface area contributed by atoms with Gasteiger partial charge in [0.05, 0.1) is 0 Å². The number of aromatic nitrogens is 1. The van der Waals surface area contributed by atoms with Gasteiger partial charge < -0.3 is 9.62 Å². The summed E-state index contributed by atoms with van der Waals surface area (Å²) in [6, 6.07) is 7.16. The maximum Gasteiger partial charge on any atom is 0.427 e. The van der Waals surface area contributed by atoms with Crippen LogP contribution in [0.2, 0.25) is 0 Å². The number of benzene rings is 1. The molecule has 72 valence electrons. The minimum absolute atomic E-state index is 0.0473. The Balaban J connectivity index is 2.31. The highest BCUT2D eigenvalue weighted by molar-refractivity contribution is 5.72. The van der Waals surface area contributed by atoms with Crippen LogP contribution in [0.3, 0.4) is 0 Å². The van der Waals surface area contributed by atoms with Crippen LogP contribution in [0.5, 0.6) is 6.08 Å². The molecule has 0 aliphatic rings. The van der Waals surface area contributed by atoms with Crippen molar-refractivity contribution < 1.29 is 14.1 Å². The van der Waals surface area contributed by atoms with E-state index in [0.717, 1.165) is 0 Å². The lowest BCUT2D eigenvalue weighted by molar-refractivity contribution is -0.523. The van der Waals surface area contributed by atoms with Crippen molar-refractivity contribution in [2.24, 2.45) is 5.28 Å². The van der Waals surface area contributed by atoms with Crippen LogP contribution in [-0.2, 0) is 0 Å². The topological polar surface area (TPSA) is 73.7 Å². The zero-order valence-electron chi connectivity index (χ0n) is 7.38. The van der Waals surface area contributed by atoms with Crippen molar-refractivity contribution in [2.75, 3.05) is 7.05 Å². The second-order valence-electron chi connectivity index (χ2n) is 2.58. The molecule has 0 fully saturated rings. The van der Waals surface area contributed by atoms with Crippen molar-refractivity contribution in [1.29, 1.82) is 0 Å². The first-order valence-corrected chi connectivity index (χ1v) is 3.90. The molecular weight excluding hydrogens is 186 g/mol. The summed E-state index contributed by atoms with van der Waals surface area (Å²) >= 11 is 0. The van der Waals surface area contributed by atoms with Crippen LogP contribution in [-0.4, -0.2) is 16.9 Å². The summed E-state index contributed by atoms with van der Waals surface area (Å²) in [5.74, 6) is 0. The molecule has 1 aromatic carbocycles. The number of para-hydroxylation sites is 2. The zero-order chi connectivity index (χ0) is 9.97. The molecule has 1 heterocycles. The minimum atomic E-state index is -0.0473. The quantitative estimate of drug-likeness (QED) is 0.413. The second-order valence-corrected chi connectivity index (χ2v) is 2.58. The van der Waals surface area contributed by atoms with Crippen LogP contribution in [0.4, 0.5) is 0 Å². The fraction of sp³-hybridized carbons (Fsp3) is 0.125. The minimum Gasteiger partial charge on any atom is -0.598 e. The summed E-state index contributed by atoms with van der Waals surface area (Å²) in [4.78, 5) is 8.82. The predicted octanol–water partition coefficient (Wildman–Crippen LogP) is 1.71. The Kier molecular flexibility index (Phi) is 2.02. The molecule has 0 aliphatic heterocycles. The molecule has 1 aromatic heterocycles. The monoisotopic (exact) mass is 193 g/mol. The molecule has 0 saturated carbocycles. The van der Waals surface area contributed by atoms with Crippen LogP contribution in [0.1, 0.15) is 0 Å². The van der Waals surface area contributed by atoms with Gasteiger partial charge in [-0.25, -0.2) is 4.84 Å². The van der Waals surface area contributed by atoms with Crippen LogP contribution in [0, 0.1) is 5.21 Å². The van der Waals surface area contributed by atoms with Crippen molar-refractivity contribution in [1.82, 2.24) is 4.98 Å². The number of rotatable bonds is 2. The van der Waals surface area contributed by atoms with Crippen molar-refractivity contribution in [3.8, 4) is 6.08 Å². The first-order chi connectivity index (χ1) is 6.75. The van der Waals surface area contributed by atoms with Gasteiger partial charge in [0.15, 0.2) is 12.6 Å². The Labute approximate surface area is 79.0 Å². The van der Waals surface area contributed by atoms with Gasteiger partial charge in [-0.2, -0.15) is 4.98 Å². The van der Waals surface area contributed by atoms with E-state index in [1.54, 1.807) is 12.1 Å². The Morgan fingerprint density at radius 1 is 1.50 bits per heavy atom. The van der Waals surface area contributed by atoms with E-state index in [1.165, 1.54) is 7.05 Å². The molecule has 2 aromatic rings. The molecule has 6 nitrogen and oxygen atoms in total. The average molecular weight is 193 g/mol. The molecule has 2 rings (SSSR count). The first-order valence-electron chi connectivity index (χ1n) is 3.90. The van der Waals surface area contributed by atoms with Crippen molar-refractivity contribution in [3.63, 3.8) is 0 Å². The first kappa shape index (κ1) is 8.49. The largest absolute Gasteiger partial charge is 0.598 e. The SMILES string of the molecule is C[N+]([O-])=NOc1nc2ccccc2o1. The molecule has 0 bridgehead atoms. The number of fused-ring (bicyclic) bond motifs is 1. The Morgan fingerprint density at radius 2 is 2.29 bits per heavy atom. The molecular formula is C8H7N3O3. The predicted molar refractivity (Wildman–Crippen MR) is 46.6 cm³/mol. The van der Waals surface area contributed by atoms with Gasteiger partial charge in [-0.1, -0.05) is 17.0 Å². The van der Waals surface area contributed by atoms with Crippen LogP contribution in [0.15, 0.2) is 34.0 Å². The van der Waals surface area contributed by atoms with E-state index >= 15 is 0 Å². The summed E-state index contributed by atoms with van der Waals surface area (Å²) in [5, 5.41) is 13.5. The van der Waals surface area contributed by atoms with E-state index in [9.17, 15) is 5.21 Å². The molecule has 6 heteroatoms. The fourth-order valence-corrected chi connectivity index (χ4v) is 0.983. The summed E-state index contributed by atoms with van der Waals surface area (Å²) in [6.45, 7) is 0. The smallest absolute Gasteiger partial charge is 0.427 e. The highest BCUT2D eigenvalue weighted by atomic mass is 16.7. The number of nitrogens with zero attached hydrogens (tertiary/aromatic N) is 3. The van der Waals surface area contributed by atoms with Gasteiger partial charge >= 0.3 is 6.08 Å². The second kappa shape index (κ2) is 3.33. The Morgan fingerprint density at radius 3 is 3.00 bits per heavy atom. The normalized spacial score (nSPS) is 11.9. The van der Waals surface area contributed by atoms with Crippen LogP contribution >= 0.6 is 0 Å². The molecule has 14 heavy (non-hydrogen) atoms. The Bertz CT molecular complexity index is 440. The highest BCUT2D eigenvalue weighted by Gasteiger charge is 2.06. The zero-order valence-corrected chi connectivity index (χ0v) is 7.38. The van der Waals surface area contributed by atoms with Gasteiger partial charge in [-0.3, -0.25) is 0 Å². The molecule has 0 radical (unpaired) electrons. The summed E-state index contributed by atoms with van der Waals surface area (Å²) in [5.41, 5.74) is 1.25. The van der Waals surface area contributed by atoms with Gasteiger partial charge in [0.1, 0.15) is 5.52 Å². The summed E-state index contributed by atoms with van der Waals surface area (Å²) in [7, 11) is 1.20. The number of hydrogen-bond acceptors (Lipinski definition) is 5. The lowest BCUT2D eigenvalue weighted by Gasteiger charge is -1.88. The maximum atomic E-state index is 10.4.